The second kappa shape index (κ2) is 7.14. The topological polar surface area (TPSA) is 73.6 Å². The standard InChI is InChI=1S/C15H24N2O3/c1-15(2,16)8-7-14(18)17-10-11-5-6-12(19-3)9-13(11)20-4/h5-6,9H,7-8,10,16H2,1-4H3,(H,17,18). The fourth-order valence-electron chi connectivity index (χ4n) is 1.72. The van der Waals surface area contributed by atoms with Crippen molar-refractivity contribution in [2.45, 2.75) is 38.8 Å². The Kier molecular flexibility index (Phi) is 5.82. The first-order chi connectivity index (χ1) is 9.35. The number of rotatable bonds is 7. The van der Waals surface area contributed by atoms with E-state index >= 15 is 0 Å². The third-order valence-corrected chi connectivity index (χ3v) is 2.97. The third kappa shape index (κ3) is 5.48. The second-order valence-electron chi connectivity index (χ2n) is 5.44. The van der Waals surface area contributed by atoms with Crippen LogP contribution in [0.15, 0.2) is 18.2 Å². The first-order valence-electron chi connectivity index (χ1n) is 6.62. The zero-order chi connectivity index (χ0) is 15.2. The molecule has 0 saturated carbocycles. The molecule has 1 rings (SSSR count). The van der Waals surface area contributed by atoms with Gasteiger partial charge in [-0.1, -0.05) is 0 Å². The molecule has 112 valence electrons. The van der Waals surface area contributed by atoms with E-state index in [-0.39, 0.29) is 11.4 Å². The number of carbonyl (C=O) groups is 1. The Labute approximate surface area is 120 Å². The predicted molar refractivity (Wildman–Crippen MR) is 78.9 cm³/mol. The molecule has 0 aliphatic carbocycles. The monoisotopic (exact) mass is 280 g/mol. The molecule has 1 aromatic carbocycles. The van der Waals surface area contributed by atoms with Crippen molar-refractivity contribution in [3.8, 4) is 11.5 Å². The summed E-state index contributed by atoms with van der Waals surface area (Å²) >= 11 is 0. The Morgan fingerprint density at radius 2 is 2.00 bits per heavy atom. The second-order valence-corrected chi connectivity index (χ2v) is 5.44. The minimum Gasteiger partial charge on any atom is -0.497 e. The van der Waals surface area contributed by atoms with E-state index in [0.29, 0.717) is 25.1 Å². The highest BCUT2D eigenvalue weighted by Gasteiger charge is 2.13. The van der Waals surface area contributed by atoms with Gasteiger partial charge in [0.1, 0.15) is 11.5 Å². The van der Waals surface area contributed by atoms with Crippen LogP contribution in [0.25, 0.3) is 0 Å². The quantitative estimate of drug-likeness (QED) is 0.799. The highest BCUT2D eigenvalue weighted by molar-refractivity contribution is 5.76. The molecule has 0 atom stereocenters. The largest absolute Gasteiger partial charge is 0.497 e. The van der Waals surface area contributed by atoms with E-state index in [9.17, 15) is 4.79 Å². The van der Waals surface area contributed by atoms with Crippen LogP contribution in [0.1, 0.15) is 32.3 Å². The lowest BCUT2D eigenvalue weighted by Gasteiger charge is -2.17. The van der Waals surface area contributed by atoms with E-state index < -0.39 is 0 Å². The van der Waals surface area contributed by atoms with Gasteiger partial charge < -0.3 is 20.5 Å². The molecule has 0 aliphatic heterocycles. The van der Waals surface area contributed by atoms with Crippen LogP contribution in [0.5, 0.6) is 11.5 Å². The lowest BCUT2D eigenvalue weighted by atomic mass is 10.00. The summed E-state index contributed by atoms with van der Waals surface area (Å²) in [4.78, 5) is 11.8. The number of nitrogens with one attached hydrogen (secondary N) is 1. The van der Waals surface area contributed by atoms with Gasteiger partial charge in [-0.05, 0) is 32.4 Å². The molecule has 1 aromatic rings. The zero-order valence-electron chi connectivity index (χ0n) is 12.7. The first-order valence-corrected chi connectivity index (χ1v) is 6.62. The highest BCUT2D eigenvalue weighted by atomic mass is 16.5. The molecule has 0 aromatic heterocycles. The molecule has 1 amide bonds. The van der Waals surface area contributed by atoms with Gasteiger partial charge in [0.2, 0.25) is 5.91 Å². The van der Waals surface area contributed by atoms with Gasteiger partial charge in [0.05, 0.1) is 14.2 Å². The molecule has 0 radical (unpaired) electrons. The Balaban J connectivity index is 2.55. The maximum atomic E-state index is 11.8. The van der Waals surface area contributed by atoms with E-state index in [4.69, 9.17) is 15.2 Å². The molecule has 3 N–H and O–H groups in total. The van der Waals surface area contributed by atoms with Gasteiger partial charge in [-0.3, -0.25) is 4.79 Å². The lowest BCUT2D eigenvalue weighted by Crippen LogP contribution is -2.34. The van der Waals surface area contributed by atoms with Crippen molar-refractivity contribution in [3.63, 3.8) is 0 Å². The van der Waals surface area contributed by atoms with Crippen LogP contribution in [-0.2, 0) is 11.3 Å². The molecule has 20 heavy (non-hydrogen) atoms. The summed E-state index contributed by atoms with van der Waals surface area (Å²) in [6, 6.07) is 5.52. The van der Waals surface area contributed by atoms with Crippen LogP contribution in [0, 0.1) is 0 Å². The van der Waals surface area contributed by atoms with E-state index in [1.165, 1.54) is 0 Å². The number of nitrogens with two attached hydrogens (primary N) is 1. The van der Waals surface area contributed by atoms with Gasteiger partial charge in [0.25, 0.3) is 0 Å². The van der Waals surface area contributed by atoms with Crippen molar-refractivity contribution in [2.75, 3.05) is 14.2 Å². The number of benzene rings is 1. The van der Waals surface area contributed by atoms with Crippen LogP contribution in [0.4, 0.5) is 0 Å². The smallest absolute Gasteiger partial charge is 0.220 e. The van der Waals surface area contributed by atoms with Gasteiger partial charge in [0.15, 0.2) is 0 Å². The fraction of sp³-hybridized carbons (Fsp3) is 0.533. The van der Waals surface area contributed by atoms with E-state index in [0.717, 1.165) is 11.3 Å². The van der Waals surface area contributed by atoms with Crippen LogP contribution in [-0.4, -0.2) is 25.7 Å². The molecular formula is C15H24N2O3. The molecule has 5 heteroatoms. The fourth-order valence-corrected chi connectivity index (χ4v) is 1.72. The highest BCUT2D eigenvalue weighted by Crippen LogP contribution is 2.24. The summed E-state index contributed by atoms with van der Waals surface area (Å²) < 4.78 is 10.4. The van der Waals surface area contributed by atoms with Crippen molar-refractivity contribution < 1.29 is 14.3 Å². The van der Waals surface area contributed by atoms with Crippen molar-refractivity contribution in [2.24, 2.45) is 5.73 Å². The number of amides is 1. The Bertz CT molecular complexity index is 453. The maximum Gasteiger partial charge on any atom is 0.220 e. The van der Waals surface area contributed by atoms with Crippen LogP contribution in [0.2, 0.25) is 0 Å². The van der Waals surface area contributed by atoms with Crippen LogP contribution < -0.4 is 20.5 Å². The normalized spacial score (nSPS) is 11.1. The number of ether oxygens (including phenoxy) is 2. The summed E-state index contributed by atoms with van der Waals surface area (Å²) in [5.41, 5.74) is 6.44. The number of hydrogen-bond acceptors (Lipinski definition) is 4. The summed E-state index contributed by atoms with van der Waals surface area (Å²) in [5, 5.41) is 2.87. The SMILES string of the molecule is COc1ccc(CNC(=O)CCC(C)(C)N)c(OC)c1. The lowest BCUT2D eigenvalue weighted by molar-refractivity contribution is -0.121. The number of hydrogen-bond donors (Lipinski definition) is 2. The third-order valence-electron chi connectivity index (χ3n) is 2.97. The molecule has 0 fully saturated rings. The zero-order valence-corrected chi connectivity index (χ0v) is 12.7. The van der Waals surface area contributed by atoms with Crippen LogP contribution in [0.3, 0.4) is 0 Å². The van der Waals surface area contributed by atoms with Crippen LogP contribution >= 0.6 is 0 Å². The van der Waals surface area contributed by atoms with Gasteiger partial charge >= 0.3 is 0 Å². The maximum absolute atomic E-state index is 11.8. The number of carbonyl (C=O) groups excluding carboxylic acids is 1. The van der Waals surface area contributed by atoms with Gasteiger partial charge in [-0.2, -0.15) is 0 Å². The predicted octanol–water partition coefficient (Wildman–Crippen LogP) is 1.84. The minimum absolute atomic E-state index is 0.0126. The summed E-state index contributed by atoms with van der Waals surface area (Å²) in [7, 11) is 3.20. The molecule has 0 spiro atoms. The van der Waals surface area contributed by atoms with Crippen molar-refractivity contribution in [1.82, 2.24) is 5.32 Å². The van der Waals surface area contributed by atoms with Gasteiger partial charge in [0, 0.05) is 30.1 Å². The molecule has 5 nitrogen and oxygen atoms in total. The average molecular weight is 280 g/mol. The summed E-state index contributed by atoms with van der Waals surface area (Å²) in [6.07, 6.45) is 1.07. The van der Waals surface area contributed by atoms with E-state index in [2.05, 4.69) is 5.32 Å². The van der Waals surface area contributed by atoms with Crippen molar-refractivity contribution in [3.05, 3.63) is 23.8 Å². The molecule has 0 aliphatic rings. The number of methoxy groups -OCH3 is 2. The molecule has 0 bridgehead atoms. The summed E-state index contributed by atoms with van der Waals surface area (Å²) in [5.74, 6) is 1.41. The Morgan fingerprint density at radius 1 is 1.30 bits per heavy atom. The minimum atomic E-state index is -0.324. The first kappa shape index (κ1) is 16.3. The Morgan fingerprint density at radius 3 is 2.55 bits per heavy atom. The van der Waals surface area contributed by atoms with Gasteiger partial charge in [-0.15, -0.1) is 0 Å². The molecular weight excluding hydrogens is 256 g/mol. The summed E-state index contributed by atoms with van der Waals surface area (Å²) in [6.45, 7) is 4.25. The molecule has 0 heterocycles. The Hall–Kier alpha value is -1.75. The molecule has 0 saturated heterocycles. The van der Waals surface area contributed by atoms with Gasteiger partial charge in [-0.25, -0.2) is 0 Å². The molecule has 0 unspecified atom stereocenters. The van der Waals surface area contributed by atoms with Crippen molar-refractivity contribution in [1.29, 1.82) is 0 Å². The van der Waals surface area contributed by atoms with E-state index in [1.54, 1.807) is 20.3 Å². The van der Waals surface area contributed by atoms with E-state index in [1.807, 2.05) is 26.0 Å². The average Bonchev–Trinajstić information content (AvgIpc) is 2.41. The van der Waals surface area contributed by atoms with Crippen molar-refractivity contribution >= 4 is 5.91 Å².